The first kappa shape index (κ1) is 9.52. The van der Waals surface area contributed by atoms with Crippen LogP contribution in [0.5, 0.6) is 5.75 Å². The van der Waals surface area contributed by atoms with Crippen molar-refractivity contribution in [2.45, 2.75) is 6.92 Å². The Morgan fingerprint density at radius 1 is 1.50 bits per heavy atom. The van der Waals surface area contributed by atoms with Crippen LogP contribution in [0.25, 0.3) is 0 Å². The van der Waals surface area contributed by atoms with Gasteiger partial charge < -0.3 is 10.1 Å². The molecule has 0 aromatic heterocycles. The minimum atomic E-state index is -0.0677. The summed E-state index contributed by atoms with van der Waals surface area (Å²) < 4.78 is 6.40. The molecule has 1 N–H and O–H groups in total. The second-order valence-electron chi connectivity index (χ2n) is 3.20. The Labute approximate surface area is 90.6 Å². The smallest absolute Gasteiger partial charge is 0.255 e. The maximum absolute atomic E-state index is 11.6. The summed E-state index contributed by atoms with van der Waals surface area (Å²) in [6, 6.07) is 3.72. The molecule has 3 nitrogen and oxygen atoms in total. The van der Waals surface area contributed by atoms with Crippen LogP contribution < -0.4 is 10.1 Å². The molecule has 0 saturated carbocycles. The van der Waals surface area contributed by atoms with Gasteiger partial charge in [-0.2, -0.15) is 0 Å². The summed E-state index contributed by atoms with van der Waals surface area (Å²) in [6.07, 6.45) is 0. The van der Waals surface area contributed by atoms with E-state index < -0.39 is 0 Å². The number of rotatable bonds is 0. The summed E-state index contributed by atoms with van der Waals surface area (Å²) in [5.74, 6) is 0.630. The van der Waals surface area contributed by atoms with Crippen LogP contribution in [0.2, 0.25) is 0 Å². The highest BCUT2D eigenvalue weighted by atomic mass is 79.9. The molecule has 1 aromatic rings. The van der Waals surface area contributed by atoms with Gasteiger partial charge in [-0.1, -0.05) is 15.9 Å². The highest BCUT2D eigenvalue weighted by Crippen LogP contribution is 2.28. The van der Waals surface area contributed by atoms with Gasteiger partial charge >= 0.3 is 0 Å². The summed E-state index contributed by atoms with van der Waals surface area (Å²) in [5, 5.41) is 2.77. The second-order valence-corrected chi connectivity index (χ2v) is 4.12. The summed E-state index contributed by atoms with van der Waals surface area (Å²) in [6.45, 7) is 3.02. The van der Waals surface area contributed by atoms with E-state index in [0.717, 1.165) is 10.0 Å². The number of benzene rings is 1. The monoisotopic (exact) mass is 255 g/mol. The SMILES string of the molecule is Cc1cc(Br)cc2c1OCCNC2=O. The lowest BCUT2D eigenvalue weighted by Gasteiger charge is -2.09. The van der Waals surface area contributed by atoms with Crippen molar-refractivity contribution in [2.24, 2.45) is 0 Å². The van der Waals surface area contributed by atoms with Crippen LogP contribution in [0.4, 0.5) is 0 Å². The molecule has 0 radical (unpaired) electrons. The van der Waals surface area contributed by atoms with Gasteiger partial charge in [0.2, 0.25) is 0 Å². The number of amides is 1. The van der Waals surface area contributed by atoms with Crippen molar-refractivity contribution < 1.29 is 9.53 Å². The average molecular weight is 256 g/mol. The normalized spacial score (nSPS) is 15.1. The molecule has 1 aliphatic rings. The molecular formula is C10H10BrNO2. The summed E-state index contributed by atoms with van der Waals surface area (Å²) >= 11 is 3.36. The van der Waals surface area contributed by atoms with Gasteiger partial charge in [-0.05, 0) is 24.6 Å². The molecule has 14 heavy (non-hydrogen) atoms. The van der Waals surface area contributed by atoms with Gasteiger partial charge in [0.05, 0.1) is 12.1 Å². The van der Waals surface area contributed by atoms with Crippen molar-refractivity contribution in [1.29, 1.82) is 0 Å². The predicted octanol–water partition coefficient (Wildman–Crippen LogP) is 1.88. The van der Waals surface area contributed by atoms with E-state index in [9.17, 15) is 4.79 Å². The molecule has 1 aliphatic heterocycles. The van der Waals surface area contributed by atoms with E-state index in [1.54, 1.807) is 6.07 Å². The summed E-state index contributed by atoms with van der Waals surface area (Å²) in [7, 11) is 0. The van der Waals surface area contributed by atoms with E-state index in [-0.39, 0.29) is 5.91 Å². The predicted molar refractivity (Wildman–Crippen MR) is 56.7 cm³/mol. The minimum Gasteiger partial charge on any atom is -0.491 e. The van der Waals surface area contributed by atoms with Crippen LogP contribution in [0.3, 0.4) is 0 Å². The van der Waals surface area contributed by atoms with E-state index >= 15 is 0 Å². The molecule has 0 spiro atoms. The van der Waals surface area contributed by atoms with E-state index in [1.807, 2.05) is 13.0 Å². The maximum atomic E-state index is 11.6. The molecule has 0 aliphatic carbocycles. The van der Waals surface area contributed by atoms with E-state index in [1.165, 1.54) is 0 Å². The molecule has 1 amide bonds. The first-order valence-electron chi connectivity index (χ1n) is 4.39. The van der Waals surface area contributed by atoms with Crippen LogP contribution >= 0.6 is 15.9 Å². The van der Waals surface area contributed by atoms with Crippen LogP contribution in [0.15, 0.2) is 16.6 Å². The molecule has 0 saturated heterocycles. The summed E-state index contributed by atoms with van der Waals surface area (Å²) in [5.41, 5.74) is 1.58. The molecule has 0 atom stereocenters. The average Bonchev–Trinajstić information content (AvgIpc) is 2.29. The van der Waals surface area contributed by atoms with Crippen molar-refractivity contribution in [3.05, 3.63) is 27.7 Å². The number of aryl methyl sites for hydroxylation is 1. The van der Waals surface area contributed by atoms with Crippen LogP contribution in [0, 0.1) is 6.92 Å². The van der Waals surface area contributed by atoms with Crippen molar-refractivity contribution in [3.63, 3.8) is 0 Å². The summed E-state index contributed by atoms with van der Waals surface area (Å²) in [4.78, 5) is 11.6. The van der Waals surface area contributed by atoms with Crippen molar-refractivity contribution in [1.82, 2.24) is 5.32 Å². The van der Waals surface area contributed by atoms with E-state index in [4.69, 9.17) is 4.74 Å². The first-order chi connectivity index (χ1) is 6.68. The standard InChI is InChI=1S/C10H10BrNO2/c1-6-4-7(11)5-8-9(6)14-3-2-12-10(8)13/h4-5H,2-3H2,1H3,(H,12,13). The number of carbonyl (C=O) groups is 1. The highest BCUT2D eigenvalue weighted by Gasteiger charge is 2.18. The Kier molecular flexibility index (Phi) is 2.46. The van der Waals surface area contributed by atoms with Gasteiger partial charge in [0.25, 0.3) is 5.91 Å². The van der Waals surface area contributed by atoms with Crippen molar-refractivity contribution in [2.75, 3.05) is 13.2 Å². The van der Waals surface area contributed by atoms with Crippen LogP contribution in [-0.4, -0.2) is 19.1 Å². The zero-order chi connectivity index (χ0) is 10.1. The number of nitrogens with one attached hydrogen (secondary N) is 1. The zero-order valence-corrected chi connectivity index (χ0v) is 9.35. The zero-order valence-electron chi connectivity index (χ0n) is 7.76. The Bertz CT molecular complexity index is 390. The number of halogens is 1. The Morgan fingerprint density at radius 3 is 3.07 bits per heavy atom. The highest BCUT2D eigenvalue weighted by molar-refractivity contribution is 9.10. The third-order valence-electron chi connectivity index (χ3n) is 2.12. The lowest BCUT2D eigenvalue weighted by molar-refractivity contribution is 0.0957. The second kappa shape index (κ2) is 3.61. The third kappa shape index (κ3) is 1.62. The molecule has 0 unspecified atom stereocenters. The maximum Gasteiger partial charge on any atom is 0.255 e. The van der Waals surface area contributed by atoms with Gasteiger partial charge in [0.1, 0.15) is 12.4 Å². The quantitative estimate of drug-likeness (QED) is 0.769. The van der Waals surface area contributed by atoms with Crippen LogP contribution in [0.1, 0.15) is 15.9 Å². The Morgan fingerprint density at radius 2 is 2.29 bits per heavy atom. The molecular weight excluding hydrogens is 246 g/mol. The molecule has 0 bridgehead atoms. The van der Waals surface area contributed by atoms with Gasteiger partial charge in [0, 0.05) is 4.47 Å². The molecule has 0 fully saturated rings. The molecule has 2 rings (SSSR count). The third-order valence-corrected chi connectivity index (χ3v) is 2.58. The number of hydrogen-bond donors (Lipinski definition) is 1. The largest absolute Gasteiger partial charge is 0.491 e. The molecule has 74 valence electrons. The van der Waals surface area contributed by atoms with Crippen molar-refractivity contribution in [3.8, 4) is 5.75 Å². The van der Waals surface area contributed by atoms with Gasteiger partial charge in [0.15, 0.2) is 0 Å². The first-order valence-corrected chi connectivity index (χ1v) is 5.19. The van der Waals surface area contributed by atoms with Gasteiger partial charge in [-0.3, -0.25) is 4.79 Å². The fraction of sp³-hybridized carbons (Fsp3) is 0.300. The molecule has 1 aromatic carbocycles. The fourth-order valence-electron chi connectivity index (χ4n) is 1.50. The van der Waals surface area contributed by atoms with Gasteiger partial charge in [-0.25, -0.2) is 0 Å². The minimum absolute atomic E-state index is 0.0677. The number of carbonyl (C=O) groups excluding carboxylic acids is 1. The Balaban J connectivity index is 2.58. The van der Waals surface area contributed by atoms with Crippen molar-refractivity contribution >= 4 is 21.8 Å². The van der Waals surface area contributed by atoms with E-state index in [0.29, 0.717) is 24.5 Å². The number of ether oxygens (including phenoxy) is 1. The van der Waals surface area contributed by atoms with E-state index in [2.05, 4.69) is 21.2 Å². The topological polar surface area (TPSA) is 38.3 Å². The molecule has 1 heterocycles. The molecule has 4 heteroatoms. The lowest BCUT2D eigenvalue weighted by Crippen LogP contribution is -2.24. The lowest BCUT2D eigenvalue weighted by atomic mass is 10.1. The van der Waals surface area contributed by atoms with Crippen LogP contribution in [-0.2, 0) is 0 Å². The Hall–Kier alpha value is -1.03. The fourth-order valence-corrected chi connectivity index (χ4v) is 2.08. The number of hydrogen-bond acceptors (Lipinski definition) is 2. The number of fused-ring (bicyclic) bond motifs is 1. The van der Waals surface area contributed by atoms with Gasteiger partial charge in [-0.15, -0.1) is 0 Å².